The fraction of sp³-hybridized carbons (Fsp3) is 0.455. The van der Waals surface area contributed by atoms with Gasteiger partial charge in [0.05, 0.1) is 19.9 Å². The Morgan fingerprint density at radius 2 is 2.50 bits per heavy atom. The molecule has 5 nitrogen and oxygen atoms in total. The van der Waals surface area contributed by atoms with Gasteiger partial charge in [-0.05, 0) is 19.1 Å². The summed E-state index contributed by atoms with van der Waals surface area (Å²) in [5.74, 6) is 0.179. The minimum absolute atomic E-state index is 0.319. The first kappa shape index (κ1) is 13.4. The summed E-state index contributed by atoms with van der Waals surface area (Å²) in [7, 11) is 1.29. The number of thiocarbonyl (C=S) groups is 1. The Balaban J connectivity index is 2.20. The molecule has 1 aliphatic rings. The van der Waals surface area contributed by atoms with E-state index >= 15 is 0 Å². The summed E-state index contributed by atoms with van der Waals surface area (Å²) in [6, 6.07) is 3.54. The molecule has 1 N–H and O–H groups in total. The first-order chi connectivity index (χ1) is 8.46. The van der Waals surface area contributed by atoms with Crippen molar-refractivity contribution in [2.45, 2.75) is 24.4 Å². The molecule has 7 heteroatoms. The van der Waals surface area contributed by atoms with Gasteiger partial charge in [-0.25, -0.2) is 0 Å². The van der Waals surface area contributed by atoms with Gasteiger partial charge in [-0.2, -0.15) is 0 Å². The van der Waals surface area contributed by atoms with E-state index in [4.69, 9.17) is 16.6 Å². The van der Waals surface area contributed by atoms with Crippen LogP contribution in [0.2, 0.25) is 0 Å². The number of esters is 1. The van der Waals surface area contributed by atoms with Gasteiger partial charge in [-0.15, -0.1) is 0 Å². The molecule has 0 aliphatic carbocycles. The van der Waals surface area contributed by atoms with E-state index in [0.29, 0.717) is 16.6 Å². The van der Waals surface area contributed by atoms with E-state index in [1.807, 2.05) is 0 Å². The van der Waals surface area contributed by atoms with Crippen LogP contribution in [0, 0.1) is 0 Å². The Labute approximate surface area is 114 Å². The second-order valence-corrected chi connectivity index (χ2v) is 5.79. The van der Waals surface area contributed by atoms with Crippen molar-refractivity contribution >= 4 is 34.3 Å². The van der Waals surface area contributed by atoms with Gasteiger partial charge in [0, 0.05) is 0 Å². The third kappa shape index (κ3) is 2.25. The van der Waals surface area contributed by atoms with E-state index in [1.165, 1.54) is 7.11 Å². The van der Waals surface area contributed by atoms with Crippen molar-refractivity contribution in [1.82, 2.24) is 4.90 Å². The molecule has 0 spiro atoms. The molecule has 2 atom stereocenters. The van der Waals surface area contributed by atoms with Crippen LogP contribution in [0.3, 0.4) is 0 Å². The summed E-state index contributed by atoms with van der Waals surface area (Å²) in [6.45, 7) is 1.86. The number of nitrogens with zero attached hydrogens (tertiary/aromatic N) is 1. The lowest BCUT2D eigenvalue weighted by Crippen LogP contribution is -2.50. The van der Waals surface area contributed by atoms with E-state index < -0.39 is 16.9 Å². The molecule has 0 bridgehead atoms. The summed E-state index contributed by atoms with van der Waals surface area (Å²) in [5, 5.41) is 9.71. The standard InChI is InChI=1S/C11H13NO4S2/c1-11(14)8(9(13)15-2)18-10(17)12(11)6-7-4-3-5-16-7/h3-5,8,14H,6H2,1-2H3. The highest BCUT2D eigenvalue weighted by atomic mass is 32.2. The fourth-order valence-electron chi connectivity index (χ4n) is 1.76. The van der Waals surface area contributed by atoms with Crippen molar-refractivity contribution in [3.05, 3.63) is 24.2 Å². The summed E-state index contributed by atoms with van der Waals surface area (Å²) in [6.07, 6.45) is 1.55. The number of methoxy groups -OCH3 is 1. The predicted molar refractivity (Wildman–Crippen MR) is 70.9 cm³/mol. The number of thioether (sulfide) groups is 1. The molecule has 2 unspecified atom stereocenters. The molecule has 1 aromatic heterocycles. The van der Waals surface area contributed by atoms with E-state index in [1.54, 1.807) is 30.2 Å². The topological polar surface area (TPSA) is 62.9 Å². The Kier molecular flexibility index (Phi) is 3.65. The van der Waals surface area contributed by atoms with E-state index in [2.05, 4.69) is 4.74 Å². The molecule has 1 saturated heterocycles. The van der Waals surface area contributed by atoms with Crippen molar-refractivity contribution in [3.63, 3.8) is 0 Å². The van der Waals surface area contributed by atoms with Crippen LogP contribution in [-0.2, 0) is 16.1 Å². The lowest BCUT2D eigenvalue weighted by molar-refractivity contribution is -0.149. The van der Waals surface area contributed by atoms with E-state index in [0.717, 1.165) is 11.8 Å². The van der Waals surface area contributed by atoms with Gasteiger partial charge < -0.3 is 19.2 Å². The van der Waals surface area contributed by atoms with Crippen LogP contribution in [0.4, 0.5) is 0 Å². The number of carbonyl (C=O) groups is 1. The predicted octanol–water partition coefficient (Wildman–Crippen LogP) is 1.36. The fourth-order valence-corrected chi connectivity index (χ4v) is 3.42. The largest absolute Gasteiger partial charge is 0.468 e. The van der Waals surface area contributed by atoms with Crippen LogP contribution in [0.1, 0.15) is 12.7 Å². The first-order valence-electron chi connectivity index (χ1n) is 5.27. The molecular formula is C11H13NO4S2. The summed E-state index contributed by atoms with van der Waals surface area (Å²) < 4.78 is 10.3. The van der Waals surface area contributed by atoms with Crippen LogP contribution in [0.5, 0.6) is 0 Å². The summed E-state index contributed by atoms with van der Waals surface area (Å²) in [4.78, 5) is 13.2. The quantitative estimate of drug-likeness (QED) is 0.665. The first-order valence-corrected chi connectivity index (χ1v) is 6.56. The van der Waals surface area contributed by atoms with Crippen molar-refractivity contribution in [1.29, 1.82) is 0 Å². The monoisotopic (exact) mass is 287 g/mol. The second kappa shape index (κ2) is 4.91. The molecule has 0 saturated carbocycles. The molecule has 98 valence electrons. The molecular weight excluding hydrogens is 274 g/mol. The summed E-state index contributed by atoms with van der Waals surface area (Å²) >= 11 is 6.31. The van der Waals surface area contributed by atoms with Gasteiger partial charge in [-0.3, -0.25) is 4.79 Å². The molecule has 1 aliphatic heterocycles. The average molecular weight is 287 g/mol. The average Bonchev–Trinajstić information content (AvgIpc) is 2.90. The van der Waals surface area contributed by atoms with Crippen LogP contribution in [0.15, 0.2) is 22.8 Å². The third-order valence-electron chi connectivity index (χ3n) is 2.79. The zero-order valence-electron chi connectivity index (χ0n) is 9.95. The highest BCUT2D eigenvalue weighted by molar-refractivity contribution is 8.24. The lowest BCUT2D eigenvalue weighted by atomic mass is 10.1. The highest BCUT2D eigenvalue weighted by Crippen LogP contribution is 2.39. The normalized spacial score (nSPS) is 27.6. The highest BCUT2D eigenvalue weighted by Gasteiger charge is 2.51. The van der Waals surface area contributed by atoms with Gasteiger partial charge in [0.25, 0.3) is 0 Å². The van der Waals surface area contributed by atoms with Gasteiger partial charge >= 0.3 is 5.97 Å². The molecule has 0 aromatic carbocycles. The SMILES string of the molecule is COC(=O)C1SC(=S)N(Cc2ccco2)C1(C)O. The molecule has 2 heterocycles. The zero-order chi connectivity index (χ0) is 13.3. The third-order valence-corrected chi connectivity index (χ3v) is 4.60. The van der Waals surface area contributed by atoms with E-state index in [9.17, 15) is 9.90 Å². The number of aliphatic hydroxyl groups is 1. The van der Waals surface area contributed by atoms with E-state index in [-0.39, 0.29) is 0 Å². The van der Waals surface area contributed by atoms with Crippen LogP contribution in [0.25, 0.3) is 0 Å². The number of furan rings is 1. The second-order valence-electron chi connectivity index (χ2n) is 4.05. The molecule has 1 fully saturated rings. The van der Waals surface area contributed by atoms with Gasteiger partial charge in [0.15, 0.2) is 11.0 Å². The molecule has 2 rings (SSSR count). The Bertz CT molecular complexity index is 458. The Hall–Kier alpha value is -1.05. The molecule has 1 aromatic rings. The Morgan fingerprint density at radius 3 is 3.06 bits per heavy atom. The number of hydrogen-bond donors (Lipinski definition) is 1. The summed E-state index contributed by atoms with van der Waals surface area (Å²) in [5.41, 5.74) is -1.39. The maximum atomic E-state index is 11.6. The number of carbonyl (C=O) groups excluding carboxylic acids is 1. The number of rotatable bonds is 3. The van der Waals surface area contributed by atoms with Crippen molar-refractivity contribution in [3.8, 4) is 0 Å². The minimum Gasteiger partial charge on any atom is -0.468 e. The number of ether oxygens (including phenoxy) is 1. The molecule has 0 radical (unpaired) electrons. The van der Waals surface area contributed by atoms with Crippen LogP contribution in [-0.4, -0.2) is 38.4 Å². The van der Waals surface area contributed by atoms with Crippen molar-refractivity contribution in [2.75, 3.05) is 7.11 Å². The van der Waals surface area contributed by atoms with Gasteiger partial charge in [-0.1, -0.05) is 24.0 Å². The minimum atomic E-state index is -1.39. The molecule has 0 amide bonds. The van der Waals surface area contributed by atoms with Crippen LogP contribution < -0.4 is 0 Å². The lowest BCUT2D eigenvalue weighted by Gasteiger charge is -2.32. The van der Waals surface area contributed by atoms with Crippen LogP contribution >= 0.6 is 24.0 Å². The van der Waals surface area contributed by atoms with Crippen molar-refractivity contribution < 1.29 is 19.1 Å². The van der Waals surface area contributed by atoms with Gasteiger partial charge in [0.2, 0.25) is 0 Å². The number of hydrogen-bond acceptors (Lipinski definition) is 6. The maximum absolute atomic E-state index is 11.6. The smallest absolute Gasteiger partial charge is 0.324 e. The maximum Gasteiger partial charge on any atom is 0.324 e. The Morgan fingerprint density at radius 1 is 1.78 bits per heavy atom. The molecule has 18 heavy (non-hydrogen) atoms. The van der Waals surface area contributed by atoms with Crippen molar-refractivity contribution in [2.24, 2.45) is 0 Å². The van der Waals surface area contributed by atoms with Gasteiger partial charge in [0.1, 0.15) is 10.1 Å². The zero-order valence-corrected chi connectivity index (χ0v) is 11.6.